The highest BCUT2D eigenvalue weighted by molar-refractivity contribution is 5.81. The number of halogens is 3. The summed E-state index contributed by atoms with van der Waals surface area (Å²) in [5.41, 5.74) is 0.684. The molecule has 0 bridgehead atoms. The van der Waals surface area contributed by atoms with E-state index in [0.717, 1.165) is 37.8 Å². The average Bonchev–Trinajstić information content (AvgIpc) is 2.82. The molecule has 20 heavy (non-hydrogen) atoms. The van der Waals surface area contributed by atoms with Crippen LogP contribution in [-0.4, -0.2) is 31.1 Å². The number of piperazine rings is 1. The maximum Gasteiger partial charge on any atom is 0.416 e. The van der Waals surface area contributed by atoms with Crippen molar-refractivity contribution in [1.82, 2.24) is 10.2 Å². The predicted octanol–water partition coefficient (Wildman–Crippen LogP) is 2.86. The zero-order chi connectivity index (χ0) is 14.2. The second kappa shape index (κ2) is 5.10. The van der Waals surface area contributed by atoms with Gasteiger partial charge in [0.25, 0.3) is 0 Å². The van der Waals surface area contributed by atoms with Crippen LogP contribution in [0.25, 0.3) is 11.0 Å². The molecule has 3 rings (SSSR count). The first-order valence-electron chi connectivity index (χ1n) is 6.54. The molecule has 0 aliphatic carbocycles. The van der Waals surface area contributed by atoms with Crippen molar-refractivity contribution in [2.75, 3.05) is 26.2 Å². The molecule has 2 heterocycles. The Bertz CT molecular complexity index is 600. The Balaban J connectivity index is 1.90. The maximum absolute atomic E-state index is 12.8. The third-order valence-corrected chi connectivity index (χ3v) is 3.58. The SMILES string of the molecule is FC(F)(F)c1ccc2occ(CN3CCNCC3)c2c1. The van der Waals surface area contributed by atoms with Crippen LogP contribution in [0.15, 0.2) is 28.9 Å². The summed E-state index contributed by atoms with van der Waals surface area (Å²) < 4.78 is 43.6. The van der Waals surface area contributed by atoms with Crippen molar-refractivity contribution < 1.29 is 17.6 Å². The number of hydrogen-bond donors (Lipinski definition) is 1. The summed E-state index contributed by atoms with van der Waals surface area (Å²) in [6.07, 6.45) is -2.76. The number of hydrogen-bond acceptors (Lipinski definition) is 3. The normalized spacial score (nSPS) is 17.8. The number of furan rings is 1. The van der Waals surface area contributed by atoms with Gasteiger partial charge in [0.1, 0.15) is 5.58 Å². The summed E-state index contributed by atoms with van der Waals surface area (Å²) in [5, 5.41) is 3.80. The van der Waals surface area contributed by atoms with Crippen LogP contribution >= 0.6 is 0 Å². The number of alkyl halides is 3. The Hall–Kier alpha value is -1.53. The largest absolute Gasteiger partial charge is 0.464 e. The quantitative estimate of drug-likeness (QED) is 0.919. The molecule has 0 spiro atoms. The van der Waals surface area contributed by atoms with Gasteiger partial charge < -0.3 is 9.73 Å². The molecule has 0 amide bonds. The molecular weight excluding hydrogens is 269 g/mol. The number of benzene rings is 1. The molecule has 0 atom stereocenters. The van der Waals surface area contributed by atoms with Crippen molar-refractivity contribution in [3.8, 4) is 0 Å². The van der Waals surface area contributed by atoms with Gasteiger partial charge in [-0.05, 0) is 18.2 Å². The number of nitrogens with one attached hydrogen (secondary N) is 1. The minimum absolute atomic E-state index is 0.503. The van der Waals surface area contributed by atoms with Gasteiger partial charge in [0.05, 0.1) is 11.8 Å². The van der Waals surface area contributed by atoms with Crippen molar-refractivity contribution >= 4 is 11.0 Å². The molecule has 0 saturated carbocycles. The molecule has 1 fully saturated rings. The molecule has 0 radical (unpaired) electrons. The lowest BCUT2D eigenvalue weighted by atomic mass is 10.1. The number of rotatable bonds is 2. The number of fused-ring (bicyclic) bond motifs is 1. The van der Waals surface area contributed by atoms with E-state index >= 15 is 0 Å². The van der Waals surface area contributed by atoms with Crippen LogP contribution < -0.4 is 5.32 Å². The zero-order valence-electron chi connectivity index (χ0n) is 10.8. The van der Waals surface area contributed by atoms with E-state index in [1.165, 1.54) is 12.1 Å². The molecule has 6 heteroatoms. The predicted molar refractivity (Wildman–Crippen MR) is 69.4 cm³/mol. The van der Waals surface area contributed by atoms with Gasteiger partial charge in [-0.3, -0.25) is 4.90 Å². The second-order valence-corrected chi connectivity index (χ2v) is 5.00. The van der Waals surface area contributed by atoms with Crippen molar-refractivity contribution in [1.29, 1.82) is 0 Å². The Morgan fingerprint density at radius 3 is 2.65 bits per heavy atom. The molecule has 2 aromatic rings. The molecule has 1 aliphatic heterocycles. The van der Waals surface area contributed by atoms with Crippen LogP contribution in [0.1, 0.15) is 11.1 Å². The van der Waals surface area contributed by atoms with E-state index in [1.807, 2.05) is 0 Å². The standard InChI is InChI=1S/C14H15F3N2O/c15-14(16,17)11-1-2-13-12(7-11)10(9-20-13)8-19-5-3-18-4-6-19/h1-2,7,9,18H,3-6,8H2. The van der Waals surface area contributed by atoms with Crippen molar-refractivity contribution in [3.63, 3.8) is 0 Å². The third kappa shape index (κ3) is 2.66. The molecule has 108 valence electrons. The first-order chi connectivity index (χ1) is 9.54. The fourth-order valence-corrected chi connectivity index (χ4v) is 2.49. The van der Waals surface area contributed by atoms with Gasteiger partial charge in [0, 0.05) is 43.7 Å². The minimum Gasteiger partial charge on any atom is -0.464 e. The van der Waals surface area contributed by atoms with E-state index in [9.17, 15) is 13.2 Å². The van der Waals surface area contributed by atoms with Gasteiger partial charge in [0.2, 0.25) is 0 Å². The molecule has 1 aromatic carbocycles. The fraction of sp³-hybridized carbons (Fsp3) is 0.429. The molecule has 1 N–H and O–H groups in total. The second-order valence-electron chi connectivity index (χ2n) is 5.00. The molecular formula is C14H15F3N2O. The maximum atomic E-state index is 12.8. The summed E-state index contributed by atoms with van der Waals surface area (Å²) in [5.74, 6) is 0. The minimum atomic E-state index is -4.32. The van der Waals surface area contributed by atoms with Gasteiger partial charge in [-0.1, -0.05) is 0 Å². The molecule has 1 saturated heterocycles. The average molecular weight is 284 g/mol. The van der Waals surface area contributed by atoms with Crippen LogP contribution in [0, 0.1) is 0 Å². The summed E-state index contributed by atoms with van der Waals surface area (Å²) in [4.78, 5) is 2.21. The zero-order valence-corrected chi connectivity index (χ0v) is 10.8. The van der Waals surface area contributed by atoms with Crippen LogP contribution in [0.5, 0.6) is 0 Å². The smallest absolute Gasteiger partial charge is 0.416 e. The first kappa shape index (κ1) is 13.5. The summed E-state index contributed by atoms with van der Waals surface area (Å²) in [7, 11) is 0. The van der Waals surface area contributed by atoms with Gasteiger partial charge in [-0.25, -0.2) is 0 Å². The highest BCUT2D eigenvalue weighted by Gasteiger charge is 2.31. The van der Waals surface area contributed by atoms with E-state index in [0.29, 0.717) is 17.5 Å². The van der Waals surface area contributed by atoms with E-state index in [1.54, 1.807) is 6.26 Å². The van der Waals surface area contributed by atoms with Crippen molar-refractivity contribution in [3.05, 3.63) is 35.6 Å². The van der Waals surface area contributed by atoms with Gasteiger partial charge >= 0.3 is 6.18 Å². The monoisotopic (exact) mass is 284 g/mol. The van der Waals surface area contributed by atoms with Crippen LogP contribution in [0.2, 0.25) is 0 Å². The van der Waals surface area contributed by atoms with Gasteiger partial charge in [-0.15, -0.1) is 0 Å². The summed E-state index contributed by atoms with van der Waals surface area (Å²) in [6.45, 7) is 4.22. The fourth-order valence-electron chi connectivity index (χ4n) is 2.49. The Morgan fingerprint density at radius 2 is 1.95 bits per heavy atom. The lowest BCUT2D eigenvalue weighted by Crippen LogP contribution is -2.42. The lowest BCUT2D eigenvalue weighted by Gasteiger charge is -2.26. The van der Waals surface area contributed by atoms with Crippen molar-refractivity contribution in [2.24, 2.45) is 0 Å². The van der Waals surface area contributed by atoms with E-state index < -0.39 is 11.7 Å². The molecule has 1 aromatic heterocycles. The highest BCUT2D eigenvalue weighted by atomic mass is 19.4. The summed E-state index contributed by atoms with van der Waals surface area (Å²) in [6, 6.07) is 3.62. The topological polar surface area (TPSA) is 28.4 Å². The first-order valence-corrected chi connectivity index (χ1v) is 6.54. The van der Waals surface area contributed by atoms with Gasteiger partial charge in [0.15, 0.2) is 0 Å². The summed E-state index contributed by atoms with van der Waals surface area (Å²) >= 11 is 0. The van der Waals surface area contributed by atoms with Gasteiger partial charge in [-0.2, -0.15) is 13.2 Å². The molecule has 3 nitrogen and oxygen atoms in total. The third-order valence-electron chi connectivity index (χ3n) is 3.58. The lowest BCUT2D eigenvalue weighted by molar-refractivity contribution is -0.137. The Morgan fingerprint density at radius 1 is 1.20 bits per heavy atom. The van der Waals surface area contributed by atoms with E-state index in [4.69, 9.17) is 4.42 Å². The molecule has 1 aliphatic rings. The van der Waals surface area contributed by atoms with Crippen LogP contribution in [0.4, 0.5) is 13.2 Å². The van der Waals surface area contributed by atoms with E-state index in [2.05, 4.69) is 10.2 Å². The van der Waals surface area contributed by atoms with Crippen LogP contribution in [0.3, 0.4) is 0 Å². The highest BCUT2D eigenvalue weighted by Crippen LogP contribution is 2.33. The van der Waals surface area contributed by atoms with Crippen LogP contribution in [-0.2, 0) is 12.7 Å². The van der Waals surface area contributed by atoms with Crippen molar-refractivity contribution in [2.45, 2.75) is 12.7 Å². The van der Waals surface area contributed by atoms with E-state index in [-0.39, 0.29) is 0 Å². The Labute approximate surface area is 114 Å². The molecule has 0 unspecified atom stereocenters. The number of nitrogens with zero attached hydrogens (tertiary/aromatic N) is 1. The Kier molecular flexibility index (Phi) is 3.43.